The van der Waals surface area contributed by atoms with E-state index in [1.54, 1.807) is 31.2 Å². The molecule has 1 rings (SSSR count). The van der Waals surface area contributed by atoms with Gasteiger partial charge >= 0.3 is 11.9 Å². The van der Waals surface area contributed by atoms with Gasteiger partial charge in [-0.1, -0.05) is 36.1 Å². The van der Waals surface area contributed by atoms with Crippen molar-refractivity contribution in [3.8, 4) is 11.8 Å². The molecule has 0 aliphatic heterocycles. The van der Waals surface area contributed by atoms with Crippen molar-refractivity contribution < 1.29 is 23.9 Å². The summed E-state index contributed by atoms with van der Waals surface area (Å²) >= 11 is 0. The van der Waals surface area contributed by atoms with E-state index in [4.69, 9.17) is 9.47 Å². The van der Waals surface area contributed by atoms with Crippen molar-refractivity contribution in [1.82, 2.24) is 0 Å². The minimum Gasteiger partial charge on any atom is -0.462 e. The van der Waals surface area contributed by atoms with Gasteiger partial charge in [-0.2, -0.15) is 0 Å². The summed E-state index contributed by atoms with van der Waals surface area (Å²) in [7, 11) is 0. The number of allylic oxidation sites excluding steroid dienone is 2. The van der Waals surface area contributed by atoms with E-state index in [-0.39, 0.29) is 18.5 Å². The Morgan fingerprint density at radius 3 is 2.58 bits per heavy atom. The summed E-state index contributed by atoms with van der Waals surface area (Å²) in [5.74, 6) is 5.10. The molecule has 0 fully saturated rings. The molecule has 5 heteroatoms. The molecule has 0 aromatic heterocycles. The van der Waals surface area contributed by atoms with Gasteiger partial charge in [-0.15, -0.1) is 0 Å². The number of aldehydes is 1. The van der Waals surface area contributed by atoms with Crippen LogP contribution in [0.3, 0.4) is 0 Å². The number of rotatable bonds is 9. The number of ether oxygens (including phenoxy) is 2. The van der Waals surface area contributed by atoms with Crippen LogP contribution in [0.15, 0.2) is 42.0 Å². The average molecular weight is 356 g/mol. The Labute approximate surface area is 154 Å². The summed E-state index contributed by atoms with van der Waals surface area (Å²) in [6, 6.07) is 8.81. The third-order valence-electron chi connectivity index (χ3n) is 3.29. The second-order valence-corrected chi connectivity index (χ2v) is 5.60. The number of hydrogen-bond acceptors (Lipinski definition) is 5. The van der Waals surface area contributed by atoms with Crippen molar-refractivity contribution in [2.45, 2.75) is 45.6 Å². The fraction of sp³-hybridized carbons (Fsp3) is 0.381. The van der Waals surface area contributed by atoms with Gasteiger partial charge in [-0.3, -0.25) is 4.79 Å². The van der Waals surface area contributed by atoms with Crippen LogP contribution in [0.4, 0.5) is 0 Å². The maximum absolute atomic E-state index is 11.9. The van der Waals surface area contributed by atoms with E-state index in [9.17, 15) is 14.4 Å². The first-order valence-electron chi connectivity index (χ1n) is 8.56. The molecule has 0 heterocycles. The van der Waals surface area contributed by atoms with Gasteiger partial charge in [0.15, 0.2) is 6.10 Å². The second kappa shape index (κ2) is 12.5. The molecule has 0 saturated carbocycles. The van der Waals surface area contributed by atoms with Crippen molar-refractivity contribution in [3.05, 3.63) is 47.5 Å². The van der Waals surface area contributed by atoms with Gasteiger partial charge in [0, 0.05) is 13.3 Å². The van der Waals surface area contributed by atoms with Crippen molar-refractivity contribution >= 4 is 18.2 Å². The topological polar surface area (TPSA) is 69.7 Å². The number of esters is 2. The predicted molar refractivity (Wildman–Crippen MR) is 98.3 cm³/mol. The summed E-state index contributed by atoms with van der Waals surface area (Å²) < 4.78 is 10.2. The molecule has 1 aromatic carbocycles. The van der Waals surface area contributed by atoms with Crippen LogP contribution in [-0.2, 0) is 19.1 Å². The number of unbranched alkanes of at least 4 members (excludes halogenated alkanes) is 1. The van der Waals surface area contributed by atoms with E-state index < -0.39 is 6.10 Å². The first-order chi connectivity index (χ1) is 12.5. The van der Waals surface area contributed by atoms with Crippen LogP contribution in [-0.4, -0.2) is 30.9 Å². The van der Waals surface area contributed by atoms with Crippen molar-refractivity contribution in [3.63, 3.8) is 0 Å². The van der Waals surface area contributed by atoms with E-state index in [1.807, 2.05) is 12.1 Å². The summed E-state index contributed by atoms with van der Waals surface area (Å²) in [6.45, 7) is 3.30. The zero-order valence-corrected chi connectivity index (χ0v) is 15.2. The molecule has 0 bridgehead atoms. The van der Waals surface area contributed by atoms with Crippen LogP contribution in [0.5, 0.6) is 0 Å². The average Bonchev–Trinajstić information content (AvgIpc) is 2.62. The van der Waals surface area contributed by atoms with Gasteiger partial charge in [-0.05, 0) is 43.9 Å². The molecule has 0 aliphatic carbocycles. The second-order valence-electron chi connectivity index (χ2n) is 5.60. The number of carbonyl (C=O) groups excluding carboxylic acids is 3. The van der Waals surface area contributed by atoms with Crippen molar-refractivity contribution in [1.29, 1.82) is 0 Å². The van der Waals surface area contributed by atoms with E-state index >= 15 is 0 Å². The van der Waals surface area contributed by atoms with Gasteiger partial charge in [0.05, 0.1) is 12.2 Å². The standard InChI is InChI=1S/C21H24O5/c1-17(26-18(2)23)13-14-19(9-6-7-15-22)10-8-16-25-21(24)20-11-4-3-5-12-20/h3-5,9,11-12,15,17H,6-8,10,16H2,1-2H3/b19-9+/t17-/m1/s1. The highest BCUT2D eigenvalue weighted by Gasteiger charge is 2.06. The maximum atomic E-state index is 11.9. The molecule has 0 aliphatic rings. The monoisotopic (exact) mass is 356 g/mol. The number of carbonyl (C=O) groups is 3. The molecule has 0 amide bonds. The third-order valence-corrected chi connectivity index (χ3v) is 3.29. The molecule has 0 N–H and O–H groups in total. The van der Waals surface area contributed by atoms with Crippen molar-refractivity contribution in [2.75, 3.05) is 6.61 Å². The predicted octanol–water partition coefficient (Wildman–Crippen LogP) is 3.48. The Hall–Kier alpha value is -2.87. The Balaban J connectivity index is 2.51. The molecular weight excluding hydrogens is 332 g/mol. The van der Waals surface area contributed by atoms with E-state index in [1.165, 1.54) is 6.92 Å². The normalized spacial score (nSPS) is 11.7. The Morgan fingerprint density at radius 2 is 1.92 bits per heavy atom. The Morgan fingerprint density at radius 1 is 1.19 bits per heavy atom. The van der Waals surface area contributed by atoms with Crippen LogP contribution in [0, 0.1) is 11.8 Å². The Kier molecular flexibility index (Phi) is 10.2. The lowest BCUT2D eigenvalue weighted by Gasteiger charge is -2.06. The summed E-state index contributed by atoms with van der Waals surface area (Å²) in [4.78, 5) is 33.2. The molecule has 0 saturated heterocycles. The lowest BCUT2D eigenvalue weighted by Crippen LogP contribution is -2.09. The van der Waals surface area contributed by atoms with E-state index in [0.29, 0.717) is 31.2 Å². The number of benzene rings is 1. The SMILES string of the molecule is CC(=O)O[C@H](C)C#C/C(=C/CCC=O)CCCOC(=O)c1ccccc1. The van der Waals surface area contributed by atoms with Crippen LogP contribution >= 0.6 is 0 Å². The van der Waals surface area contributed by atoms with Gasteiger partial charge < -0.3 is 14.3 Å². The quantitative estimate of drug-likeness (QED) is 0.293. The van der Waals surface area contributed by atoms with Crippen molar-refractivity contribution in [2.24, 2.45) is 0 Å². The van der Waals surface area contributed by atoms with Crippen LogP contribution in [0.1, 0.15) is 49.9 Å². The minimum atomic E-state index is -0.502. The largest absolute Gasteiger partial charge is 0.462 e. The maximum Gasteiger partial charge on any atom is 0.338 e. The third kappa shape index (κ3) is 9.43. The minimum absolute atomic E-state index is 0.278. The van der Waals surface area contributed by atoms with Crippen LogP contribution in [0.25, 0.3) is 0 Å². The van der Waals surface area contributed by atoms with Gasteiger partial charge in [0.25, 0.3) is 0 Å². The molecule has 1 aromatic rings. The summed E-state index contributed by atoms with van der Waals surface area (Å²) in [5, 5.41) is 0. The zero-order chi connectivity index (χ0) is 19.2. The fourth-order valence-corrected chi connectivity index (χ4v) is 2.10. The lowest BCUT2D eigenvalue weighted by atomic mass is 10.1. The summed E-state index contributed by atoms with van der Waals surface area (Å²) in [5.41, 5.74) is 1.35. The molecular formula is C21H24O5. The first kappa shape index (κ1) is 21.2. The molecule has 5 nitrogen and oxygen atoms in total. The zero-order valence-electron chi connectivity index (χ0n) is 15.2. The smallest absolute Gasteiger partial charge is 0.338 e. The van der Waals surface area contributed by atoms with E-state index in [0.717, 1.165) is 11.9 Å². The molecule has 1 atom stereocenters. The van der Waals surface area contributed by atoms with Gasteiger partial charge in [0.1, 0.15) is 6.29 Å². The van der Waals surface area contributed by atoms with Crippen LogP contribution < -0.4 is 0 Å². The molecule has 0 radical (unpaired) electrons. The van der Waals surface area contributed by atoms with Gasteiger partial charge in [-0.25, -0.2) is 4.79 Å². The fourth-order valence-electron chi connectivity index (χ4n) is 2.10. The molecule has 26 heavy (non-hydrogen) atoms. The van der Waals surface area contributed by atoms with Crippen LogP contribution in [0.2, 0.25) is 0 Å². The highest BCUT2D eigenvalue weighted by molar-refractivity contribution is 5.89. The molecule has 0 unspecified atom stereocenters. The molecule has 138 valence electrons. The number of hydrogen-bond donors (Lipinski definition) is 0. The highest BCUT2D eigenvalue weighted by Crippen LogP contribution is 2.08. The first-order valence-corrected chi connectivity index (χ1v) is 8.56. The molecule has 0 spiro atoms. The lowest BCUT2D eigenvalue weighted by molar-refractivity contribution is -0.143. The van der Waals surface area contributed by atoms with E-state index in [2.05, 4.69) is 11.8 Å². The highest BCUT2D eigenvalue weighted by atomic mass is 16.5. The Bertz CT molecular complexity index is 679. The van der Waals surface area contributed by atoms with Gasteiger partial charge in [0.2, 0.25) is 0 Å². The summed E-state index contributed by atoms with van der Waals surface area (Å²) in [6.07, 6.45) is 4.49.